The van der Waals surface area contributed by atoms with Gasteiger partial charge in [-0.1, -0.05) is 18.2 Å². The van der Waals surface area contributed by atoms with Gasteiger partial charge in [0.05, 0.1) is 12.2 Å². The SMILES string of the molecule is CCOC(=O)[C@H](CCSC)NCc1ccc2c(c1)CO/C2=C1/C(=O)Nc2ccc(F)cc21. The van der Waals surface area contributed by atoms with Gasteiger partial charge in [0.2, 0.25) is 0 Å². The molecule has 4 rings (SSSR count). The van der Waals surface area contributed by atoms with Gasteiger partial charge in [-0.2, -0.15) is 11.8 Å². The van der Waals surface area contributed by atoms with E-state index < -0.39 is 5.82 Å². The molecule has 6 nitrogen and oxygen atoms in total. The lowest BCUT2D eigenvalue weighted by Gasteiger charge is -2.17. The standard InChI is InChI=1S/C24H25FN2O4S/c1-3-30-24(29)20(8-9-32-2)26-12-14-4-6-17-15(10-14)13-31-22(17)21-18-11-16(25)5-7-19(18)27-23(21)28/h4-7,10-11,20,26H,3,8-9,12-13H2,1-2H3,(H,27,28)/b22-21+/t20-/m0/s1. The zero-order valence-corrected chi connectivity index (χ0v) is 18.8. The van der Waals surface area contributed by atoms with E-state index in [1.54, 1.807) is 24.8 Å². The van der Waals surface area contributed by atoms with Crippen molar-refractivity contribution in [2.75, 3.05) is 23.9 Å². The van der Waals surface area contributed by atoms with E-state index in [2.05, 4.69) is 10.6 Å². The number of halogens is 1. The van der Waals surface area contributed by atoms with Crippen molar-refractivity contribution in [3.05, 3.63) is 64.5 Å². The molecule has 2 aliphatic rings. The fourth-order valence-electron chi connectivity index (χ4n) is 3.92. The molecule has 2 aromatic rings. The van der Waals surface area contributed by atoms with Crippen LogP contribution in [0, 0.1) is 5.82 Å². The number of rotatable bonds is 8. The Balaban J connectivity index is 1.55. The van der Waals surface area contributed by atoms with E-state index in [4.69, 9.17) is 9.47 Å². The molecule has 2 heterocycles. The molecule has 1 amide bonds. The van der Waals surface area contributed by atoms with Crippen molar-refractivity contribution in [2.45, 2.75) is 32.5 Å². The maximum absolute atomic E-state index is 13.8. The lowest BCUT2D eigenvalue weighted by atomic mass is 9.99. The van der Waals surface area contributed by atoms with Crippen LogP contribution in [0.1, 0.15) is 35.6 Å². The highest BCUT2D eigenvalue weighted by atomic mass is 32.2. The molecule has 168 valence electrons. The van der Waals surface area contributed by atoms with Crippen molar-refractivity contribution in [3.63, 3.8) is 0 Å². The molecular formula is C24H25FN2O4S. The smallest absolute Gasteiger partial charge is 0.323 e. The molecule has 1 atom stereocenters. The summed E-state index contributed by atoms with van der Waals surface area (Å²) in [5.74, 6) is 0.373. The Labute approximate surface area is 190 Å². The molecule has 32 heavy (non-hydrogen) atoms. The van der Waals surface area contributed by atoms with Gasteiger partial charge < -0.3 is 20.1 Å². The average Bonchev–Trinajstić information content (AvgIpc) is 3.32. The molecule has 0 unspecified atom stereocenters. The molecule has 0 aromatic heterocycles. The topological polar surface area (TPSA) is 76.7 Å². The molecule has 0 radical (unpaired) electrons. The maximum atomic E-state index is 13.8. The first-order valence-electron chi connectivity index (χ1n) is 10.5. The lowest BCUT2D eigenvalue weighted by molar-refractivity contribution is -0.145. The van der Waals surface area contributed by atoms with Gasteiger partial charge in [0.1, 0.15) is 24.2 Å². The van der Waals surface area contributed by atoms with Gasteiger partial charge in [-0.25, -0.2) is 4.39 Å². The van der Waals surface area contributed by atoms with Crippen LogP contribution in [0.5, 0.6) is 0 Å². The van der Waals surface area contributed by atoms with E-state index in [1.165, 1.54) is 12.1 Å². The van der Waals surface area contributed by atoms with Gasteiger partial charge in [0.15, 0.2) is 0 Å². The van der Waals surface area contributed by atoms with Crippen LogP contribution in [0.2, 0.25) is 0 Å². The first-order chi connectivity index (χ1) is 15.5. The minimum Gasteiger partial charge on any atom is -0.487 e. The number of carbonyl (C=O) groups is 2. The molecule has 0 bridgehead atoms. The summed E-state index contributed by atoms with van der Waals surface area (Å²) in [6.07, 6.45) is 2.70. The predicted octanol–water partition coefficient (Wildman–Crippen LogP) is 3.95. The molecule has 0 fully saturated rings. The predicted molar refractivity (Wildman–Crippen MR) is 123 cm³/mol. The minimum absolute atomic E-state index is 0.240. The summed E-state index contributed by atoms with van der Waals surface area (Å²) in [5.41, 5.74) is 4.20. The van der Waals surface area contributed by atoms with Crippen molar-refractivity contribution in [3.8, 4) is 0 Å². The number of esters is 1. The Kier molecular flexibility index (Phi) is 6.81. The second-order valence-electron chi connectivity index (χ2n) is 7.60. The number of nitrogens with one attached hydrogen (secondary N) is 2. The highest BCUT2D eigenvalue weighted by Crippen LogP contribution is 2.41. The summed E-state index contributed by atoms with van der Waals surface area (Å²) in [7, 11) is 0. The van der Waals surface area contributed by atoms with Gasteiger partial charge in [-0.3, -0.25) is 9.59 Å². The number of anilines is 1. The second kappa shape index (κ2) is 9.75. The minimum atomic E-state index is -0.407. The number of ether oxygens (including phenoxy) is 2. The van der Waals surface area contributed by atoms with Crippen molar-refractivity contribution in [2.24, 2.45) is 0 Å². The van der Waals surface area contributed by atoms with Gasteiger partial charge >= 0.3 is 5.97 Å². The highest BCUT2D eigenvalue weighted by Gasteiger charge is 2.32. The third-order valence-corrected chi connectivity index (χ3v) is 6.12. The molecule has 0 saturated carbocycles. The van der Waals surface area contributed by atoms with E-state index in [-0.39, 0.29) is 17.9 Å². The van der Waals surface area contributed by atoms with Crippen LogP contribution in [0.4, 0.5) is 10.1 Å². The lowest BCUT2D eigenvalue weighted by Crippen LogP contribution is -2.38. The monoisotopic (exact) mass is 456 g/mol. The van der Waals surface area contributed by atoms with E-state index in [1.807, 2.05) is 24.5 Å². The zero-order valence-electron chi connectivity index (χ0n) is 18.0. The average molecular weight is 457 g/mol. The van der Waals surface area contributed by atoms with E-state index in [0.717, 1.165) is 22.4 Å². The highest BCUT2D eigenvalue weighted by molar-refractivity contribution is 7.98. The van der Waals surface area contributed by atoms with Crippen LogP contribution in [0.25, 0.3) is 11.3 Å². The Morgan fingerprint density at radius 1 is 1.28 bits per heavy atom. The molecule has 0 spiro atoms. The van der Waals surface area contributed by atoms with Crippen LogP contribution in [-0.2, 0) is 32.2 Å². The van der Waals surface area contributed by atoms with Gasteiger partial charge in [0, 0.05) is 28.9 Å². The van der Waals surface area contributed by atoms with Gasteiger partial charge in [-0.15, -0.1) is 0 Å². The Morgan fingerprint density at radius 2 is 2.12 bits per heavy atom. The number of benzene rings is 2. The van der Waals surface area contributed by atoms with E-state index >= 15 is 0 Å². The Morgan fingerprint density at radius 3 is 2.91 bits per heavy atom. The molecule has 2 N–H and O–H groups in total. The third-order valence-electron chi connectivity index (χ3n) is 5.47. The second-order valence-corrected chi connectivity index (χ2v) is 8.58. The number of carbonyl (C=O) groups excluding carboxylic acids is 2. The molecule has 8 heteroatoms. The summed E-state index contributed by atoms with van der Waals surface area (Å²) in [6.45, 7) is 2.98. The van der Waals surface area contributed by atoms with E-state index in [0.29, 0.717) is 48.8 Å². The van der Waals surface area contributed by atoms with Crippen LogP contribution >= 0.6 is 11.8 Å². The van der Waals surface area contributed by atoms with Gasteiger partial charge in [0.25, 0.3) is 5.91 Å². The number of fused-ring (bicyclic) bond motifs is 2. The number of thioether (sulfide) groups is 1. The zero-order chi connectivity index (χ0) is 22.7. The summed E-state index contributed by atoms with van der Waals surface area (Å²) in [4.78, 5) is 24.8. The van der Waals surface area contributed by atoms with Crippen molar-refractivity contribution >= 4 is 40.7 Å². The number of amides is 1. The molecule has 0 aliphatic carbocycles. The third kappa shape index (κ3) is 4.52. The van der Waals surface area contributed by atoms with Crippen LogP contribution < -0.4 is 10.6 Å². The fraction of sp³-hybridized carbons (Fsp3) is 0.333. The first-order valence-corrected chi connectivity index (χ1v) is 11.9. The summed E-state index contributed by atoms with van der Waals surface area (Å²) < 4.78 is 24.8. The van der Waals surface area contributed by atoms with Crippen molar-refractivity contribution in [1.82, 2.24) is 5.32 Å². The summed E-state index contributed by atoms with van der Waals surface area (Å²) in [6, 6.07) is 9.71. The molecule has 2 aromatic carbocycles. The first kappa shape index (κ1) is 22.4. The molecule has 0 saturated heterocycles. The Bertz CT molecular complexity index is 1090. The fourth-order valence-corrected chi connectivity index (χ4v) is 4.39. The van der Waals surface area contributed by atoms with Gasteiger partial charge in [-0.05, 0) is 49.1 Å². The molecule has 2 aliphatic heterocycles. The van der Waals surface area contributed by atoms with Crippen LogP contribution in [0.3, 0.4) is 0 Å². The quantitative estimate of drug-likeness (QED) is 0.463. The largest absolute Gasteiger partial charge is 0.487 e. The van der Waals surface area contributed by atoms with E-state index in [9.17, 15) is 14.0 Å². The Hall–Kier alpha value is -2.84. The molecular weight excluding hydrogens is 431 g/mol. The number of hydrogen-bond acceptors (Lipinski definition) is 6. The van der Waals surface area contributed by atoms with Crippen molar-refractivity contribution in [1.29, 1.82) is 0 Å². The summed E-state index contributed by atoms with van der Waals surface area (Å²) >= 11 is 1.69. The van der Waals surface area contributed by atoms with Crippen LogP contribution in [0.15, 0.2) is 36.4 Å². The maximum Gasteiger partial charge on any atom is 0.323 e. The summed E-state index contributed by atoms with van der Waals surface area (Å²) in [5, 5.41) is 6.06. The number of hydrogen-bond donors (Lipinski definition) is 2. The normalized spacial score (nSPS) is 17.4. The van der Waals surface area contributed by atoms with Crippen molar-refractivity contribution < 1.29 is 23.5 Å². The van der Waals surface area contributed by atoms with Crippen LogP contribution in [-0.4, -0.2) is 36.5 Å².